The Balaban J connectivity index is 2.35. The van der Waals surface area contributed by atoms with Gasteiger partial charge in [-0.25, -0.2) is 12.4 Å². The zero-order valence-corrected chi connectivity index (χ0v) is 19.2. The maximum atomic E-state index is 13.4. The number of hydrogen-bond donors (Lipinski definition) is 0. The van der Waals surface area contributed by atoms with Crippen molar-refractivity contribution in [3.05, 3.63) is 61.6 Å². The average molecular weight is 511 g/mol. The van der Waals surface area contributed by atoms with E-state index in [1.165, 1.54) is 10.0 Å². The summed E-state index contributed by atoms with van der Waals surface area (Å²) in [5, 5.41) is 1.33. The maximum Gasteiger partial charge on any atom is 0.269 e. The Morgan fingerprint density at radius 3 is 2.41 bits per heavy atom. The normalized spacial score (nSPS) is 12.3. The molecule has 144 valence electrons. The van der Waals surface area contributed by atoms with E-state index in [1.54, 1.807) is 30.5 Å². The molecule has 9 heteroatoms. The van der Waals surface area contributed by atoms with Crippen LogP contribution in [0.25, 0.3) is 10.9 Å². The number of aromatic nitrogens is 1. The van der Waals surface area contributed by atoms with Gasteiger partial charge in [0.1, 0.15) is 4.90 Å². The van der Waals surface area contributed by atoms with Crippen LogP contribution in [0.1, 0.15) is 5.56 Å². The SMILES string of the molecule is CN(C)CCc1cn(S(=O)(=O)c2ccccc2Br)c2c(Cl)c(Cl)cc(Cl)c12. The van der Waals surface area contributed by atoms with E-state index in [2.05, 4.69) is 15.9 Å². The summed E-state index contributed by atoms with van der Waals surface area (Å²) in [6, 6.07) is 8.16. The van der Waals surface area contributed by atoms with Gasteiger partial charge in [-0.05, 0) is 60.2 Å². The topological polar surface area (TPSA) is 42.3 Å². The summed E-state index contributed by atoms with van der Waals surface area (Å²) in [5.74, 6) is 0. The van der Waals surface area contributed by atoms with E-state index in [0.717, 1.165) is 12.1 Å². The minimum atomic E-state index is -3.92. The summed E-state index contributed by atoms with van der Waals surface area (Å²) < 4.78 is 28.4. The molecule has 0 N–H and O–H groups in total. The van der Waals surface area contributed by atoms with Crippen LogP contribution < -0.4 is 0 Å². The number of fused-ring (bicyclic) bond motifs is 1. The smallest absolute Gasteiger partial charge is 0.269 e. The second-order valence-corrected chi connectivity index (χ2v) is 10.1. The second kappa shape index (κ2) is 7.93. The van der Waals surface area contributed by atoms with Gasteiger partial charge in [0.25, 0.3) is 10.0 Å². The Labute approximate surface area is 181 Å². The Morgan fingerprint density at radius 1 is 1.11 bits per heavy atom. The van der Waals surface area contributed by atoms with Crippen molar-refractivity contribution < 1.29 is 8.42 Å². The van der Waals surface area contributed by atoms with Gasteiger partial charge in [0.2, 0.25) is 0 Å². The van der Waals surface area contributed by atoms with Gasteiger partial charge < -0.3 is 4.90 Å². The lowest BCUT2D eigenvalue weighted by Gasteiger charge is -2.11. The van der Waals surface area contributed by atoms with Gasteiger partial charge in [-0.15, -0.1) is 0 Å². The molecule has 0 aliphatic heterocycles. The zero-order chi connectivity index (χ0) is 19.9. The van der Waals surface area contributed by atoms with Crippen LogP contribution in [0.2, 0.25) is 15.1 Å². The van der Waals surface area contributed by atoms with Gasteiger partial charge in [-0.2, -0.15) is 0 Å². The average Bonchev–Trinajstić information content (AvgIpc) is 2.99. The van der Waals surface area contributed by atoms with Crippen LogP contribution in [0.15, 0.2) is 45.9 Å². The lowest BCUT2D eigenvalue weighted by atomic mass is 10.1. The van der Waals surface area contributed by atoms with Crippen LogP contribution in [0.5, 0.6) is 0 Å². The fourth-order valence-corrected chi connectivity index (χ4v) is 6.08. The van der Waals surface area contributed by atoms with E-state index >= 15 is 0 Å². The third-order valence-corrected chi connectivity index (χ3v) is 7.91. The first kappa shape index (κ1) is 21.0. The molecular formula is C18H16BrCl3N2O2S. The highest BCUT2D eigenvalue weighted by Crippen LogP contribution is 2.41. The summed E-state index contributed by atoms with van der Waals surface area (Å²) in [6.45, 7) is 0.727. The molecule has 3 aromatic rings. The third-order valence-electron chi connectivity index (χ3n) is 4.16. The first-order valence-electron chi connectivity index (χ1n) is 7.97. The molecule has 0 atom stereocenters. The van der Waals surface area contributed by atoms with Crippen molar-refractivity contribution in [3.8, 4) is 0 Å². The molecule has 0 saturated carbocycles. The molecule has 0 bridgehead atoms. The van der Waals surface area contributed by atoms with Crippen LogP contribution in [0.3, 0.4) is 0 Å². The molecule has 0 radical (unpaired) electrons. The lowest BCUT2D eigenvalue weighted by Crippen LogP contribution is -2.15. The highest BCUT2D eigenvalue weighted by Gasteiger charge is 2.26. The van der Waals surface area contributed by atoms with Crippen LogP contribution >= 0.6 is 50.7 Å². The summed E-state index contributed by atoms with van der Waals surface area (Å²) >= 11 is 22.3. The van der Waals surface area contributed by atoms with Gasteiger partial charge in [0.15, 0.2) is 0 Å². The molecule has 2 aromatic carbocycles. The Bertz CT molecular complexity index is 1130. The first-order chi connectivity index (χ1) is 12.6. The fraction of sp³-hybridized carbons (Fsp3) is 0.222. The number of likely N-dealkylation sites (N-methyl/N-ethyl adjacent to an activating group) is 1. The van der Waals surface area contributed by atoms with Crippen molar-refractivity contribution >= 4 is 71.7 Å². The summed E-state index contributed by atoms with van der Waals surface area (Å²) in [7, 11) is -0.0218. The van der Waals surface area contributed by atoms with Crippen molar-refractivity contribution in [1.82, 2.24) is 8.87 Å². The van der Waals surface area contributed by atoms with E-state index in [4.69, 9.17) is 34.8 Å². The van der Waals surface area contributed by atoms with Crippen molar-refractivity contribution in [2.24, 2.45) is 0 Å². The number of benzene rings is 2. The molecule has 1 heterocycles. The van der Waals surface area contributed by atoms with Gasteiger partial charge in [0, 0.05) is 22.6 Å². The quantitative estimate of drug-likeness (QED) is 0.413. The minimum absolute atomic E-state index is 0.133. The molecule has 0 unspecified atom stereocenters. The van der Waals surface area contributed by atoms with Crippen LogP contribution in [-0.4, -0.2) is 37.9 Å². The first-order valence-corrected chi connectivity index (χ1v) is 11.3. The molecule has 0 amide bonds. The standard InChI is InChI=1S/C18H16BrCl3N2O2S/c1-23(2)8-7-11-10-24(18-16(11)13(20)9-14(21)17(18)22)27(25,26)15-6-4-3-5-12(15)19/h3-6,9-10H,7-8H2,1-2H3. The number of rotatable bonds is 5. The number of halogens is 4. The lowest BCUT2D eigenvalue weighted by molar-refractivity contribution is 0.414. The van der Waals surface area contributed by atoms with Crippen LogP contribution in [0.4, 0.5) is 0 Å². The van der Waals surface area contributed by atoms with E-state index in [-0.39, 0.29) is 14.9 Å². The van der Waals surface area contributed by atoms with E-state index in [9.17, 15) is 8.42 Å². The zero-order valence-electron chi connectivity index (χ0n) is 14.5. The van der Waals surface area contributed by atoms with Crippen molar-refractivity contribution in [3.63, 3.8) is 0 Å². The molecule has 0 aliphatic rings. The minimum Gasteiger partial charge on any atom is -0.309 e. The summed E-state index contributed by atoms with van der Waals surface area (Å²) in [6.07, 6.45) is 2.19. The monoisotopic (exact) mass is 508 g/mol. The molecule has 0 aliphatic carbocycles. The van der Waals surface area contributed by atoms with Crippen LogP contribution in [0, 0.1) is 0 Å². The molecule has 0 spiro atoms. The molecule has 4 nitrogen and oxygen atoms in total. The maximum absolute atomic E-state index is 13.4. The van der Waals surface area contributed by atoms with Crippen molar-refractivity contribution in [2.45, 2.75) is 11.3 Å². The third kappa shape index (κ3) is 3.88. The molecule has 27 heavy (non-hydrogen) atoms. The Kier molecular flexibility index (Phi) is 6.16. The van der Waals surface area contributed by atoms with E-state index in [0.29, 0.717) is 26.8 Å². The fourth-order valence-electron chi connectivity index (χ4n) is 2.85. The van der Waals surface area contributed by atoms with E-state index in [1.807, 2.05) is 19.0 Å². The molecule has 0 saturated heterocycles. The van der Waals surface area contributed by atoms with Gasteiger partial charge in [0.05, 0.1) is 20.6 Å². The summed E-state index contributed by atoms with van der Waals surface area (Å²) in [4.78, 5) is 2.14. The van der Waals surface area contributed by atoms with Crippen molar-refractivity contribution in [2.75, 3.05) is 20.6 Å². The number of nitrogens with zero attached hydrogens (tertiary/aromatic N) is 2. The predicted octanol–water partition coefficient (Wildman–Crippen LogP) is 5.71. The largest absolute Gasteiger partial charge is 0.309 e. The highest BCUT2D eigenvalue weighted by molar-refractivity contribution is 9.10. The molecular weight excluding hydrogens is 495 g/mol. The Hall–Kier alpha value is -0.760. The molecule has 0 fully saturated rings. The summed E-state index contributed by atoms with van der Waals surface area (Å²) in [5.41, 5.74) is 1.08. The second-order valence-electron chi connectivity index (χ2n) is 6.32. The molecule has 1 aromatic heterocycles. The van der Waals surface area contributed by atoms with Gasteiger partial charge in [-0.3, -0.25) is 0 Å². The predicted molar refractivity (Wildman–Crippen MR) is 116 cm³/mol. The number of hydrogen-bond acceptors (Lipinski definition) is 3. The molecule has 3 rings (SSSR count). The van der Waals surface area contributed by atoms with Crippen LogP contribution in [-0.2, 0) is 16.4 Å². The van der Waals surface area contributed by atoms with Gasteiger partial charge in [-0.1, -0.05) is 46.9 Å². The Morgan fingerprint density at radius 2 is 1.78 bits per heavy atom. The van der Waals surface area contributed by atoms with Gasteiger partial charge >= 0.3 is 0 Å². The highest BCUT2D eigenvalue weighted by atomic mass is 79.9. The van der Waals surface area contributed by atoms with E-state index < -0.39 is 10.0 Å². The van der Waals surface area contributed by atoms with Crippen molar-refractivity contribution in [1.29, 1.82) is 0 Å².